The van der Waals surface area contributed by atoms with Crippen LogP contribution >= 0.6 is 0 Å². The van der Waals surface area contributed by atoms with Crippen molar-refractivity contribution in [2.45, 2.75) is 39.0 Å². The Morgan fingerprint density at radius 3 is 2.24 bits per heavy atom. The Bertz CT molecular complexity index is 1390. The molecule has 6 rings (SSSR count). The van der Waals surface area contributed by atoms with E-state index in [1.165, 1.54) is 28.8 Å². The van der Waals surface area contributed by atoms with Crippen LogP contribution in [0.3, 0.4) is 0 Å². The molecule has 1 unspecified atom stereocenters. The van der Waals surface area contributed by atoms with Gasteiger partial charge in [-0.25, -0.2) is 9.37 Å². The van der Waals surface area contributed by atoms with Crippen molar-refractivity contribution in [2.75, 3.05) is 13.1 Å². The van der Waals surface area contributed by atoms with Crippen molar-refractivity contribution in [1.82, 2.24) is 14.9 Å². The van der Waals surface area contributed by atoms with Crippen molar-refractivity contribution in [1.29, 1.82) is 0 Å². The van der Waals surface area contributed by atoms with E-state index in [1.54, 1.807) is 12.1 Å². The number of halogens is 1. The first-order chi connectivity index (χ1) is 16.5. The molecule has 172 valence electrons. The third kappa shape index (κ3) is 3.55. The fourth-order valence-electron chi connectivity index (χ4n) is 5.46. The van der Waals surface area contributed by atoms with Crippen LogP contribution in [0.15, 0.2) is 54.6 Å². The molecule has 2 fully saturated rings. The second-order valence-corrected chi connectivity index (χ2v) is 9.76. The smallest absolute Gasteiger partial charge is 0.235 e. The molecule has 1 N–H and O–H groups in total. The predicted molar refractivity (Wildman–Crippen MR) is 134 cm³/mol. The first-order valence-corrected chi connectivity index (χ1v) is 12.1. The summed E-state index contributed by atoms with van der Waals surface area (Å²) in [7, 11) is 0. The number of nitrogens with one attached hydrogen (secondary N) is 1. The maximum Gasteiger partial charge on any atom is 0.235 e. The first-order valence-electron chi connectivity index (χ1n) is 12.1. The molecule has 0 radical (unpaired) electrons. The van der Waals surface area contributed by atoms with Gasteiger partial charge >= 0.3 is 0 Å². The molecule has 1 aliphatic carbocycles. The zero-order chi connectivity index (χ0) is 23.4. The molecule has 1 aromatic heterocycles. The van der Waals surface area contributed by atoms with E-state index in [0.29, 0.717) is 11.7 Å². The van der Waals surface area contributed by atoms with Gasteiger partial charge < -0.3 is 5.32 Å². The summed E-state index contributed by atoms with van der Waals surface area (Å²) in [6.07, 6.45) is 3.03. The van der Waals surface area contributed by atoms with Crippen LogP contribution in [0.5, 0.6) is 0 Å². The van der Waals surface area contributed by atoms with Gasteiger partial charge in [0.15, 0.2) is 0 Å². The molecule has 1 saturated heterocycles. The van der Waals surface area contributed by atoms with Gasteiger partial charge in [-0.1, -0.05) is 36.4 Å². The Balaban J connectivity index is 1.49. The second kappa shape index (κ2) is 8.17. The summed E-state index contributed by atoms with van der Waals surface area (Å²) >= 11 is 0. The standard InChI is InChI=1S/C29H28FN3O/c1-17-15-25-27(18(2)26(17)23-13-14-31-16-23)32-28(33(25)29(34)22-7-8-22)21-5-3-19(4-6-21)20-9-11-24(30)12-10-20/h3-6,9-12,15,22-23,31H,7-8,13-14,16H2,1-2H3. The molecule has 4 nitrogen and oxygen atoms in total. The summed E-state index contributed by atoms with van der Waals surface area (Å²) in [5, 5.41) is 3.48. The summed E-state index contributed by atoms with van der Waals surface area (Å²) in [6.45, 7) is 6.36. The quantitative estimate of drug-likeness (QED) is 0.397. The van der Waals surface area contributed by atoms with E-state index in [2.05, 4.69) is 25.2 Å². The molecule has 1 atom stereocenters. The number of aryl methyl sites for hydroxylation is 2. The van der Waals surface area contributed by atoms with Gasteiger partial charge in [-0.3, -0.25) is 9.36 Å². The molecule has 3 aromatic carbocycles. The van der Waals surface area contributed by atoms with E-state index >= 15 is 0 Å². The minimum atomic E-state index is -0.244. The molecule has 2 aliphatic rings. The number of rotatable bonds is 4. The summed E-state index contributed by atoms with van der Waals surface area (Å²) < 4.78 is 15.2. The lowest BCUT2D eigenvalue weighted by Crippen LogP contribution is -2.14. The topological polar surface area (TPSA) is 46.9 Å². The van der Waals surface area contributed by atoms with Crippen LogP contribution in [0.25, 0.3) is 33.5 Å². The van der Waals surface area contributed by atoms with Gasteiger partial charge in [-0.15, -0.1) is 0 Å². The van der Waals surface area contributed by atoms with Gasteiger partial charge in [-0.05, 0) is 91.6 Å². The Morgan fingerprint density at radius 1 is 0.971 bits per heavy atom. The maximum atomic E-state index is 13.4. The molecule has 1 saturated carbocycles. The number of hydrogen-bond donors (Lipinski definition) is 1. The Hall–Kier alpha value is -3.31. The van der Waals surface area contributed by atoms with Crippen molar-refractivity contribution in [3.63, 3.8) is 0 Å². The van der Waals surface area contributed by atoms with Crippen LogP contribution in [-0.2, 0) is 0 Å². The monoisotopic (exact) mass is 453 g/mol. The highest BCUT2D eigenvalue weighted by Gasteiger charge is 2.34. The molecular formula is C29H28FN3O. The molecule has 5 heteroatoms. The molecule has 2 heterocycles. The molecule has 4 aromatic rings. The number of carbonyl (C=O) groups is 1. The number of hydrogen-bond acceptors (Lipinski definition) is 3. The first kappa shape index (κ1) is 21.2. The second-order valence-electron chi connectivity index (χ2n) is 9.76. The Labute approximate surface area is 198 Å². The van der Waals surface area contributed by atoms with Gasteiger partial charge in [-0.2, -0.15) is 0 Å². The molecule has 34 heavy (non-hydrogen) atoms. The third-order valence-corrected chi connectivity index (χ3v) is 7.39. The number of benzene rings is 3. The van der Waals surface area contributed by atoms with Crippen molar-refractivity contribution >= 4 is 16.9 Å². The van der Waals surface area contributed by atoms with Crippen molar-refractivity contribution < 1.29 is 9.18 Å². The van der Waals surface area contributed by atoms with Gasteiger partial charge in [0.2, 0.25) is 5.91 Å². The van der Waals surface area contributed by atoms with Crippen LogP contribution in [0, 0.1) is 25.6 Å². The number of nitrogens with zero attached hydrogens (tertiary/aromatic N) is 2. The van der Waals surface area contributed by atoms with Crippen LogP contribution in [0.1, 0.15) is 46.7 Å². The predicted octanol–water partition coefficient (Wildman–Crippen LogP) is 6.25. The zero-order valence-corrected chi connectivity index (χ0v) is 19.6. The van der Waals surface area contributed by atoms with E-state index < -0.39 is 0 Å². The molecule has 0 spiro atoms. The fraction of sp³-hybridized carbons (Fsp3) is 0.310. The number of fused-ring (bicyclic) bond motifs is 1. The number of imidazole rings is 1. The SMILES string of the molecule is Cc1cc2c(nc(-c3ccc(-c4ccc(F)cc4)cc3)n2C(=O)C2CC2)c(C)c1C1CCNC1. The van der Waals surface area contributed by atoms with Gasteiger partial charge in [0.05, 0.1) is 11.0 Å². The van der Waals surface area contributed by atoms with Crippen LogP contribution in [-0.4, -0.2) is 28.5 Å². The summed E-state index contributed by atoms with van der Waals surface area (Å²) in [4.78, 5) is 18.5. The molecule has 1 aliphatic heterocycles. The lowest BCUT2D eigenvalue weighted by molar-refractivity contribution is 0.0893. The average molecular weight is 454 g/mol. The Morgan fingerprint density at radius 2 is 1.62 bits per heavy atom. The van der Waals surface area contributed by atoms with Gasteiger partial charge in [0.25, 0.3) is 0 Å². The van der Waals surface area contributed by atoms with E-state index in [4.69, 9.17) is 4.98 Å². The largest absolute Gasteiger partial charge is 0.316 e. The third-order valence-electron chi connectivity index (χ3n) is 7.39. The fourth-order valence-corrected chi connectivity index (χ4v) is 5.46. The normalized spacial score (nSPS) is 18.0. The van der Waals surface area contributed by atoms with Gasteiger partial charge in [0.1, 0.15) is 11.6 Å². The summed E-state index contributed by atoms with van der Waals surface area (Å²) in [5.74, 6) is 1.20. The van der Waals surface area contributed by atoms with E-state index in [0.717, 1.165) is 60.1 Å². The summed E-state index contributed by atoms with van der Waals surface area (Å²) in [5.41, 5.74) is 8.52. The zero-order valence-electron chi connectivity index (χ0n) is 19.6. The number of aromatic nitrogens is 2. The van der Waals surface area contributed by atoms with E-state index in [1.807, 2.05) is 28.8 Å². The minimum Gasteiger partial charge on any atom is -0.316 e. The highest BCUT2D eigenvalue weighted by atomic mass is 19.1. The van der Waals surface area contributed by atoms with Crippen molar-refractivity contribution in [2.24, 2.45) is 5.92 Å². The Kier molecular flexibility index (Phi) is 5.10. The molecule has 0 amide bonds. The highest BCUT2D eigenvalue weighted by Crippen LogP contribution is 2.38. The highest BCUT2D eigenvalue weighted by molar-refractivity contribution is 5.98. The lowest BCUT2D eigenvalue weighted by atomic mass is 9.89. The van der Waals surface area contributed by atoms with E-state index in [-0.39, 0.29) is 17.6 Å². The summed E-state index contributed by atoms with van der Waals surface area (Å²) in [6, 6.07) is 16.7. The average Bonchev–Trinajstić information content (AvgIpc) is 3.42. The lowest BCUT2D eigenvalue weighted by Gasteiger charge is -2.17. The minimum absolute atomic E-state index is 0.0916. The van der Waals surface area contributed by atoms with E-state index in [9.17, 15) is 9.18 Å². The van der Waals surface area contributed by atoms with Gasteiger partial charge in [0, 0.05) is 18.0 Å². The maximum absolute atomic E-state index is 13.4. The molecule has 0 bridgehead atoms. The van der Waals surface area contributed by atoms with Crippen LogP contribution in [0.2, 0.25) is 0 Å². The van der Waals surface area contributed by atoms with Crippen LogP contribution < -0.4 is 5.32 Å². The number of carbonyl (C=O) groups excluding carboxylic acids is 1. The van der Waals surface area contributed by atoms with Crippen molar-refractivity contribution in [3.8, 4) is 22.5 Å². The van der Waals surface area contributed by atoms with Crippen molar-refractivity contribution in [3.05, 3.63) is 77.1 Å². The molecular weight excluding hydrogens is 425 g/mol. The van der Waals surface area contributed by atoms with Crippen LogP contribution in [0.4, 0.5) is 4.39 Å².